The maximum Gasteiger partial charge on any atom is 0.281 e. The number of ether oxygens (including phenoxy) is 1. The summed E-state index contributed by atoms with van der Waals surface area (Å²) in [6.07, 6.45) is 4.66. The van der Waals surface area contributed by atoms with E-state index in [9.17, 15) is 8.42 Å². The van der Waals surface area contributed by atoms with Crippen LogP contribution in [0.25, 0.3) is 0 Å². The number of hydrogen-bond acceptors (Lipinski definition) is 5. The van der Waals surface area contributed by atoms with E-state index in [0.29, 0.717) is 19.7 Å². The first-order chi connectivity index (χ1) is 10.4. The average molecular weight is 343 g/mol. The van der Waals surface area contributed by atoms with E-state index in [1.165, 1.54) is 4.31 Å². The molecule has 0 amide bonds. The highest BCUT2D eigenvalue weighted by Crippen LogP contribution is 2.47. The molecular weight excluding hydrogens is 322 g/mol. The Morgan fingerprint density at radius 1 is 1.50 bits per heavy atom. The van der Waals surface area contributed by atoms with E-state index in [4.69, 9.17) is 4.74 Å². The molecule has 0 aromatic carbocycles. The van der Waals surface area contributed by atoms with E-state index in [-0.39, 0.29) is 10.9 Å². The van der Waals surface area contributed by atoms with Crippen LogP contribution in [-0.2, 0) is 21.6 Å². The number of rotatable bonds is 5. The fraction of sp³-hybridized carbons (Fsp3) is 0.643. The third-order valence-corrected chi connectivity index (χ3v) is 7.51. The van der Waals surface area contributed by atoms with Gasteiger partial charge in [0.1, 0.15) is 0 Å². The molecule has 22 heavy (non-hydrogen) atoms. The predicted octanol–water partition coefficient (Wildman–Crippen LogP) is 0.965. The lowest BCUT2D eigenvalue weighted by Gasteiger charge is -2.46. The second-order valence-corrected chi connectivity index (χ2v) is 9.68. The Morgan fingerprint density at radius 2 is 2.27 bits per heavy atom. The minimum absolute atomic E-state index is 0.0443. The van der Waals surface area contributed by atoms with E-state index in [0.717, 1.165) is 17.7 Å². The molecule has 122 valence electrons. The van der Waals surface area contributed by atoms with Crippen LogP contribution < -0.4 is 0 Å². The molecule has 1 aromatic rings. The van der Waals surface area contributed by atoms with Gasteiger partial charge in [-0.3, -0.25) is 4.98 Å². The molecule has 1 atom stereocenters. The van der Waals surface area contributed by atoms with Crippen molar-refractivity contribution in [3.8, 4) is 0 Å². The zero-order valence-corrected chi connectivity index (χ0v) is 14.4. The average Bonchev–Trinajstić information content (AvgIpc) is 2.89. The molecule has 1 aromatic heterocycles. The quantitative estimate of drug-likeness (QED) is 0.797. The van der Waals surface area contributed by atoms with Crippen LogP contribution in [0.5, 0.6) is 0 Å². The third-order valence-electron chi connectivity index (χ3n) is 4.10. The number of aromatic nitrogens is 1. The molecule has 2 fully saturated rings. The molecule has 0 N–H and O–H groups in total. The number of nitrogens with zero attached hydrogens (tertiary/aromatic N) is 3. The summed E-state index contributed by atoms with van der Waals surface area (Å²) in [6, 6.07) is 3.90. The van der Waals surface area contributed by atoms with E-state index in [2.05, 4.69) is 4.98 Å². The largest absolute Gasteiger partial charge is 0.373 e. The van der Waals surface area contributed by atoms with Gasteiger partial charge in [0, 0.05) is 50.1 Å². The van der Waals surface area contributed by atoms with Gasteiger partial charge < -0.3 is 4.74 Å². The summed E-state index contributed by atoms with van der Waals surface area (Å²) in [5.74, 6) is 0.927. The number of thioether (sulfide) groups is 1. The van der Waals surface area contributed by atoms with E-state index < -0.39 is 10.2 Å². The topological polar surface area (TPSA) is 62.7 Å². The maximum absolute atomic E-state index is 12.0. The number of hydrogen-bond donors (Lipinski definition) is 0. The Morgan fingerprint density at radius 3 is 2.91 bits per heavy atom. The van der Waals surface area contributed by atoms with Gasteiger partial charge in [-0.05, 0) is 18.1 Å². The molecular formula is C14H21N3O3S2. The lowest BCUT2D eigenvalue weighted by atomic mass is 9.95. The molecule has 1 spiro atoms. The van der Waals surface area contributed by atoms with Crippen molar-refractivity contribution in [2.24, 2.45) is 0 Å². The van der Waals surface area contributed by atoms with Crippen LogP contribution in [0.15, 0.2) is 24.5 Å². The van der Waals surface area contributed by atoms with Gasteiger partial charge in [0.15, 0.2) is 0 Å². The standard InChI is InChI=1S/C14H21N3O3S2/c1-16(2)22(18,19)17-10-14(11-17)6-13(9-21-14)20-8-12-4-3-5-15-7-12/h3-5,7,13H,6,8-11H2,1-2H3. The van der Waals surface area contributed by atoms with Gasteiger partial charge in [-0.25, -0.2) is 0 Å². The minimum Gasteiger partial charge on any atom is -0.373 e. The molecule has 0 radical (unpaired) electrons. The molecule has 3 heterocycles. The lowest BCUT2D eigenvalue weighted by molar-refractivity contribution is 0.0392. The van der Waals surface area contributed by atoms with Crippen LogP contribution in [0.3, 0.4) is 0 Å². The first-order valence-corrected chi connectivity index (χ1v) is 9.62. The molecule has 2 aliphatic rings. The van der Waals surface area contributed by atoms with Gasteiger partial charge in [0.2, 0.25) is 0 Å². The molecule has 6 nitrogen and oxygen atoms in total. The summed E-state index contributed by atoms with van der Waals surface area (Å²) in [7, 11) is -0.129. The zero-order chi connectivity index (χ0) is 15.8. The van der Waals surface area contributed by atoms with Gasteiger partial charge in [-0.1, -0.05) is 6.07 Å². The van der Waals surface area contributed by atoms with Crippen molar-refractivity contribution in [2.75, 3.05) is 32.9 Å². The second kappa shape index (κ2) is 6.09. The van der Waals surface area contributed by atoms with Crippen LogP contribution in [-0.4, -0.2) is 65.8 Å². The van der Waals surface area contributed by atoms with Gasteiger partial charge in [0.25, 0.3) is 10.2 Å². The number of pyridine rings is 1. The second-order valence-electron chi connectivity index (χ2n) is 6.05. The summed E-state index contributed by atoms with van der Waals surface area (Å²) in [4.78, 5) is 4.08. The third kappa shape index (κ3) is 3.16. The zero-order valence-electron chi connectivity index (χ0n) is 12.8. The van der Waals surface area contributed by atoms with Crippen molar-refractivity contribution in [3.63, 3.8) is 0 Å². The molecule has 8 heteroatoms. The Bertz CT molecular complexity index is 615. The van der Waals surface area contributed by atoms with Gasteiger partial charge in [-0.15, -0.1) is 11.8 Å². The van der Waals surface area contributed by atoms with Crippen LogP contribution in [0.4, 0.5) is 0 Å². The van der Waals surface area contributed by atoms with Gasteiger partial charge in [0.05, 0.1) is 12.7 Å². The molecule has 1 unspecified atom stereocenters. The molecule has 2 aliphatic heterocycles. The Hall–Kier alpha value is -0.670. The Labute approximate surface area is 136 Å². The molecule has 0 bridgehead atoms. The summed E-state index contributed by atoms with van der Waals surface area (Å²) >= 11 is 1.84. The SMILES string of the molecule is CN(C)S(=O)(=O)N1CC2(CC(OCc3cccnc3)CS2)C1. The monoisotopic (exact) mass is 343 g/mol. The van der Waals surface area contributed by atoms with Crippen molar-refractivity contribution in [1.29, 1.82) is 0 Å². The van der Waals surface area contributed by atoms with Gasteiger partial charge >= 0.3 is 0 Å². The van der Waals surface area contributed by atoms with E-state index in [1.807, 2.05) is 30.1 Å². The Kier molecular flexibility index (Phi) is 4.48. The summed E-state index contributed by atoms with van der Waals surface area (Å²) in [5, 5.41) is 0. The summed E-state index contributed by atoms with van der Waals surface area (Å²) in [5.41, 5.74) is 1.07. The summed E-state index contributed by atoms with van der Waals surface area (Å²) < 4.78 is 32.9. The predicted molar refractivity (Wildman–Crippen MR) is 86.8 cm³/mol. The highest BCUT2D eigenvalue weighted by molar-refractivity contribution is 8.01. The van der Waals surface area contributed by atoms with Crippen molar-refractivity contribution < 1.29 is 13.2 Å². The lowest BCUT2D eigenvalue weighted by Crippen LogP contribution is -2.62. The van der Waals surface area contributed by atoms with Crippen LogP contribution in [0.1, 0.15) is 12.0 Å². The fourth-order valence-corrected chi connectivity index (χ4v) is 5.82. The first kappa shape index (κ1) is 16.2. The highest BCUT2D eigenvalue weighted by Gasteiger charge is 2.53. The molecule has 2 saturated heterocycles. The van der Waals surface area contributed by atoms with Crippen molar-refractivity contribution in [3.05, 3.63) is 30.1 Å². The molecule has 0 aliphatic carbocycles. The van der Waals surface area contributed by atoms with Gasteiger partial charge in [-0.2, -0.15) is 17.0 Å². The molecule has 3 rings (SSSR count). The van der Waals surface area contributed by atoms with Crippen LogP contribution in [0, 0.1) is 0 Å². The minimum atomic E-state index is -3.27. The van der Waals surface area contributed by atoms with Crippen LogP contribution in [0.2, 0.25) is 0 Å². The molecule has 0 saturated carbocycles. The fourth-order valence-electron chi connectivity index (χ4n) is 2.82. The van der Waals surface area contributed by atoms with Crippen molar-refractivity contribution >= 4 is 22.0 Å². The Balaban J connectivity index is 1.50. The normalized spacial score (nSPS) is 24.8. The van der Waals surface area contributed by atoms with E-state index in [1.54, 1.807) is 24.6 Å². The smallest absolute Gasteiger partial charge is 0.281 e. The summed E-state index contributed by atoms with van der Waals surface area (Å²) in [6.45, 7) is 1.74. The first-order valence-electron chi connectivity index (χ1n) is 7.23. The van der Waals surface area contributed by atoms with Crippen molar-refractivity contribution in [1.82, 2.24) is 13.6 Å². The highest BCUT2D eigenvalue weighted by atomic mass is 32.2. The van der Waals surface area contributed by atoms with E-state index >= 15 is 0 Å². The van der Waals surface area contributed by atoms with Crippen LogP contribution >= 0.6 is 11.8 Å². The maximum atomic E-state index is 12.0. The van der Waals surface area contributed by atoms with Crippen molar-refractivity contribution in [2.45, 2.75) is 23.9 Å².